The molecule has 1 aliphatic rings. The van der Waals surface area contributed by atoms with Crippen LogP contribution < -0.4 is 15.4 Å². The van der Waals surface area contributed by atoms with E-state index < -0.39 is 33.2 Å². The molecule has 30 heavy (non-hydrogen) atoms. The highest BCUT2D eigenvalue weighted by atomic mass is 32.2. The number of ether oxygens (including phenoxy) is 1. The Labute approximate surface area is 171 Å². The van der Waals surface area contributed by atoms with Gasteiger partial charge in [-0.3, -0.25) is 4.79 Å². The summed E-state index contributed by atoms with van der Waals surface area (Å²) in [5, 5.41) is 4.83. The van der Waals surface area contributed by atoms with Crippen molar-refractivity contribution >= 4 is 27.3 Å². The van der Waals surface area contributed by atoms with Gasteiger partial charge in [0.05, 0.1) is 24.3 Å². The monoisotopic (exact) mass is 446 g/mol. The van der Waals surface area contributed by atoms with Crippen molar-refractivity contribution in [3.63, 3.8) is 0 Å². The van der Waals surface area contributed by atoms with Gasteiger partial charge in [-0.25, -0.2) is 13.1 Å². The molecular formula is C18H21F3N4O4S. The Balaban J connectivity index is 1.83. The van der Waals surface area contributed by atoms with Gasteiger partial charge in [-0.1, -0.05) is 0 Å². The number of amides is 1. The number of halogens is 3. The van der Waals surface area contributed by atoms with Gasteiger partial charge >= 0.3 is 6.18 Å². The second-order valence-corrected chi connectivity index (χ2v) is 8.98. The first kappa shape index (κ1) is 22.1. The second-order valence-electron chi connectivity index (χ2n) is 7.29. The Morgan fingerprint density at radius 3 is 2.43 bits per heavy atom. The highest BCUT2D eigenvalue weighted by Crippen LogP contribution is 2.36. The number of hydrogen-bond acceptors (Lipinski definition) is 5. The van der Waals surface area contributed by atoms with Crippen LogP contribution in [0.4, 0.5) is 24.5 Å². The number of alkyl halides is 3. The first-order chi connectivity index (χ1) is 13.8. The summed E-state index contributed by atoms with van der Waals surface area (Å²) in [7, 11) is -1.08. The Bertz CT molecular complexity index is 1080. The summed E-state index contributed by atoms with van der Waals surface area (Å²) in [6.45, 7) is 2.16. The van der Waals surface area contributed by atoms with Gasteiger partial charge in [-0.15, -0.1) is 0 Å². The number of aromatic nitrogens is 1. The number of nitrogens with zero attached hydrogens (tertiary/aromatic N) is 1. The summed E-state index contributed by atoms with van der Waals surface area (Å²) in [4.78, 5) is 12.4. The van der Waals surface area contributed by atoms with E-state index in [9.17, 15) is 26.4 Å². The zero-order valence-electron chi connectivity index (χ0n) is 16.4. The second kappa shape index (κ2) is 7.60. The van der Waals surface area contributed by atoms with Gasteiger partial charge in [0.15, 0.2) is 0 Å². The minimum atomic E-state index is -4.61. The van der Waals surface area contributed by atoms with Crippen molar-refractivity contribution in [2.75, 3.05) is 30.9 Å². The fraction of sp³-hybridized carbons (Fsp3) is 0.389. The van der Waals surface area contributed by atoms with Gasteiger partial charge in [0.2, 0.25) is 10.0 Å². The van der Waals surface area contributed by atoms with Crippen LogP contribution in [0.3, 0.4) is 0 Å². The normalized spacial score (nSPS) is 16.1. The predicted octanol–water partition coefficient (Wildman–Crippen LogP) is 2.41. The Hall–Kier alpha value is -2.57. The third-order valence-corrected chi connectivity index (χ3v) is 6.20. The van der Waals surface area contributed by atoms with Crippen molar-refractivity contribution in [1.29, 1.82) is 0 Å². The molecule has 0 saturated carbocycles. The van der Waals surface area contributed by atoms with Crippen LogP contribution in [0.1, 0.15) is 23.0 Å². The zero-order chi connectivity index (χ0) is 22.3. The van der Waals surface area contributed by atoms with E-state index in [0.29, 0.717) is 0 Å². The topological polar surface area (TPSA) is 101 Å². The van der Waals surface area contributed by atoms with Crippen LogP contribution in [0, 0.1) is 0 Å². The molecule has 1 fully saturated rings. The molecular weight excluding hydrogens is 425 g/mol. The minimum Gasteiger partial charge on any atom is -0.388 e. The number of aryl methyl sites for hydroxylation is 1. The fourth-order valence-corrected chi connectivity index (χ4v) is 4.48. The quantitative estimate of drug-likeness (QED) is 0.633. The number of carbonyl (C=O) groups is 1. The SMILES string of the molecule is CNc1ccc(NC(=O)c2cc(S(=O)(=O)NC3(C)COC3)cn2C)cc1C(F)(F)F. The summed E-state index contributed by atoms with van der Waals surface area (Å²) >= 11 is 0. The molecule has 2 heterocycles. The highest BCUT2D eigenvalue weighted by Gasteiger charge is 2.38. The number of carbonyl (C=O) groups excluding carboxylic acids is 1. The lowest BCUT2D eigenvalue weighted by Gasteiger charge is -2.38. The first-order valence-corrected chi connectivity index (χ1v) is 10.3. The van der Waals surface area contributed by atoms with E-state index in [-0.39, 0.29) is 35.2 Å². The first-order valence-electron chi connectivity index (χ1n) is 8.83. The maximum Gasteiger partial charge on any atom is 0.418 e. The van der Waals surface area contributed by atoms with Crippen molar-refractivity contribution in [3.05, 3.63) is 41.7 Å². The number of nitrogens with one attached hydrogen (secondary N) is 3. The summed E-state index contributed by atoms with van der Waals surface area (Å²) in [6.07, 6.45) is -3.36. The van der Waals surface area contributed by atoms with E-state index in [1.165, 1.54) is 37.0 Å². The average Bonchev–Trinajstić information content (AvgIpc) is 3.02. The highest BCUT2D eigenvalue weighted by molar-refractivity contribution is 7.89. The molecule has 8 nitrogen and oxygen atoms in total. The largest absolute Gasteiger partial charge is 0.418 e. The third-order valence-electron chi connectivity index (χ3n) is 4.60. The molecule has 0 unspecified atom stereocenters. The molecule has 0 radical (unpaired) electrons. The van der Waals surface area contributed by atoms with E-state index >= 15 is 0 Å². The van der Waals surface area contributed by atoms with Crippen LogP contribution in [0.15, 0.2) is 35.4 Å². The van der Waals surface area contributed by atoms with Crippen LogP contribution in [-0.4, -0.2) is 44.7 Å². The molecule has 1 saturated heterocycles. The molecule has 12 heteroatoms. The molecule has 3 rings (SSSR count). The number of sulfonamides is 1. The molecule has 0 spiro atoms. The lowest BCUT2D eigenvalue weighted by Crippen LogP contribution is -2.59. The van der Waals surface area contributed by atoms with Crippen LogP contribution in [0.2, 0.25) is 0 Å². The van der Waals surface area contributed by atoms with Crippen LogP contribution in [-0.2, 0) is 28.0 Å². The Kier molecular flexibility index (Phi) is 5.60. The summed E-state index contributed by atoms with van der Waals surface area (Å²) in [5.74, 6) is -0.748. The Morgan fingerprint density at radius 1 is 1.23 bits per heavy atom. The lowest BCUT2D eigenvalue weighted by molar-refractivity contribution is -0.136. The lowest BCUT2D eigenvalue weighted by atomic mass is 10.0. The maximum absolute atomic E-state index is 13.2. The van der Waals surface area contributed by atoms with Gasteiger partial charge in [0, 0.05) is 31.7 Å². The van der Waals surface area contributed by atoms with Crippen molar-refractivity contribution < 1.29 is 31.1 Å². The number of benzene rings is 1. The smallest absolute Gasteiger partial charge is 0.388 e. The van der Waals surface area contributed by atoms with E-state index in [1.807, 2.05) is 0 Å². The van der Waals surface area contributed by atoms with Crippen molar-refractivity contribution in [2.24, 2.45) is 7.05 Å². The summed E-state index contributed by atoms with van der Waals surface area (Å²) in [6, 6.07) is 4.49. The van der Waals surface area contributed by atoms with Crippen molar-refractivity contribution in [2.45, 2.75) is 23.5 Å². The van der Waals surface area contributed by atoms with Crippen molar-refractivity contribution in [3.8, 4) is 0 Å². The summed E-state index contributed by atoms with van der Waals surface area (Å²) < 4.78 is 73.6. The Morgan fingerprint density at radius 2 is 1.90 bits per heavy atom. The van der Waals surface area contributed by atoms with Gasteiger partial charge in [-0.05, 0) is 31.2 Å². The van der Waals surface area contributed by atoms with Crippen LogP contribution >= 0.6 is 0 Å². The average molecular weight is 446 g/mol. The van der Waals surface area contributed by atoms with E-state index in [2.05, 4.69) is 15.4 Å². The molecule has 1 aromatic carbocycles. The van der Waals surface area contributed by atoms with Crippen molar-refractivity contribution in [1.82, 2.24) is 9.29 Å². The molecule has 1 aliphatic heterocycles. The zero-order valence-corrected chi connectivity index (χ0v) is 17.2. The van der Waals surface area contributed by atoms with Gasteiger partial charge in [0.1, 0.15) is 10.6 Å². The van der Waals surface area contributed by atoms with Crippen LogP contribution in [0.5, 0.6) is 0 Å². The number of hydrogen-bond donors (Lipinski definition) is 3. The molecule has 2 aromatic rings. The summed E-state index contributed by atoms with van der Waals surface area (Å²) in [5.41, 5.74) is -1.89. The van der Waals surface area contributed by atoms with Gasteiger partial charge in [-0.2, -0.15) is 13.2 Å². The molecule has 0 aliphatic carbocycles. The van der Waals surface area contributed by atoms with Crippen LogP contribution in [0.25, 0.3) is 0 Å². The minimum absolute atomic E-state index is 0.0309. The third kappa shape index (κ3) is 4.45. The van der Waals surface area contributed by atoms with E-state index in [4.69, 9.17) is 4.74 Å². The number of anilines is 2. The fourth-order valence-electron chi connectivity index (χ4n) is 3.03. The molecule has 164 valence electrons. The van der Waals surface area contributed by atoms with E-state index in [0.717, 1.165) is 12.1 Å². The van der Waals surface area contributed by atoms with Gasteiger partial charge in [0.25, 0.3) is 5.91 Å². The standard InChI is InChI=1S/C18H21F3N4O4S/c1-17(9-29-10-17)24-30(27,28)12-7-15(25(3)8-12)16(26)23-11-4-5-14(22-2)13(6-11)18(19,20)21/h4-8,22,24H,9-10H2,1-3H3,(H,23,26). The maximum atomic E-state index is 13.2. The molecule has 3 N–H and O–H groups in total. The molecule has 1 aromatic heterocycles. The molecule has 1 amide bonds. The predicted molar refractivity (Wildman–Crippen MR) is 104 cm³/mol. The molecule has 0 atom stereocenters. The van der Waals surface area contributed by atoms with Gasteiger partial charge < -0.3 is 19.9 Å². The molecule has 0 bridgehead atoms. The van der Waals surface area contributed by atoms with E-state index in [1.54, 1.807) is 6.92 Å². The number of rotatable bonds is 6.